The summed E-state index contributed by atoms with van der Waals surface area (Å²) in [5, 5.41) is 12.4. The Bertz CT molecular complexity index is 936. The molecule has 3 rings (SSSR count). The molecule has 7 nitrogen and oxygen atoms in total. The zero-order valence-electron chi connectivity index (χ0n) is 13.7. The second-order valence-corrected chi connectivity index (χ2v) is 7.33. The van der Waals surface area contributed by atoms with Crippen LogP contribution >= 0.6 is 23.1 Å². The van der Waals surface area contributed by atoms with Gasteiger partial charge in [-0.2, -0.15) is 8.78 Å². The fourth-order valence-corrected chi connectivity index (χ4v) is 3.49. The number of nitrogens with one attached hydrogen (secondary N) is 1. The van der Waals surface area contributed by atoms with Crippen LogP contribution in [-0.4, -0.2) is 25.7 Å². The summed E-state index contributed by atoms with van der Waals surface area (Å²) < 4.78 is 28.1. The first-order chi connectivity index (χ1) is 12.3. The monoisotopic (exact) mass is 396 g/mol. The molecule has 2 heterocycles. The van der Waals surface area contributed by atoms with Crippen molar-refractivity contribution in [2.45, 2.75) is 22.9 Å². The molecule has 0 bridgehead atoms. The SMILES string of the molecule is Cn1c(Sc2ccc(N)c(C(=O)Nc3nccs3)c2)nnc1C(C)(F)F. The van der Waals surface area contributed by atoms with Crippen molar-refractivity contribution < 1.29 is 13.6 Å². The fraction of sp³-hybridized carbons (Fsp3) is 0.200. The van der Waals surface area contributed by atoms with Crippen molar-refractivity contribution >= 4 is 39.8 Å². The summed E-state index contributed by atoms with van der Waals surface area (Å²) in [6.07, 6.45) is 1.57. The Balaban J connectivity index is 1.84. The van der Waals surface area contributed by atoms with Crippen LogP contribution in [0.3, 0.4) is 0 Å². The van der Waals surface area contributed by atoms with E-state index in [1.165, 1.54) is 23.0 Å². The fourth-order valence-electron chi connectivity index (χ4n) is 2.14. The Morgan fingerprint density at radius 2 is 2.15 bits per heavy atom. The van der Waals surface area contributed by atoms with E-state index in [2.05, 4.69) is 20.5 Å². The summed E-state index contributed by atoms with van der Waals surface area (Å²) in [4.78, 5) is 17.0. The number of thiazole rings is 1. The van der Waals surface area contributed by atoms with Gasteiger partial charge in [-0.1, -0.05) is 0 Å². The average molecular weight is 396 g/mol. The topological polar surface area (TPSA) is 98.7 Å². The standard InChI is InChI=1S/C15H14F2N6OS2/c1-15(16,17)12-21-22-14(23(12)2)26-8-3-4-10(18)9(7-8)11(24)20-13-19-5-6-25-13/h3-7H,18H2,1-2H3,(H,19,20,24). The maximum atomic E-state index is 13.5. The summed E-state index contributed by atoms with van der Waals surface area (Å²) in [6, 6.07) is 4.82. The molecular weight excluding hydrogens is 382 g/mol. The molecule has 2 aromatic heterocycles. The summed E-state index contributed by atoms with van der Waals surface area (Å²) in [6.45, 7) is 0.760. The smallest absolute Gasteiger partial charge is 0.304 e. The minimum Gasteiger partial charge on any atom is -0.398 e. The van der Waals surface area contributed by atoms with Gasteiger partial charge in [-0.25, -0.2) is 4.98 Å². The molecular formula is C15H14F2N6OS2. The van der Waals surface area contributed by atoms with E-state index in [0.717, 1.165) is 18.7 Å². The van der Waals surface area contributed by atoms with Crippen LogP contribution in [0.2, 0.25) is 0 Å². The molecule has 0 spiro atoms. The van der Waals surface area contributed by atoms with Gasteiger partial charge in [0, 0.05) is 36.1 Å². The number of benzene rings is 1. The predicted molar refractivity (Wildman–Crippen MR) is 95.6 cm³/mol. The highest BCUT2D eigenvalue weighted by Gasteiger charge is 2.31. The van der Waals surface area contributed by atoms with Crippen molar-refractivity contribution in [2.24, 2.45) is 7.05 Å². The van der Waals surface area contributed by atoms with Crippen LogP contribution in [0.4, 0.5) is 19.6 Å². The van der Waals surface area contributed by atoms with Crippen molar-refractivity contribution in [1.82, 2.24) is 19.7 Å². The number of carbonyl (C=O) groups is 1. The first-order valence-corrected chi connectivity index (χ1v) is 9.01. The molecule has 0 saturated carbocycles. The van der Waals surface area contributed by atoms with E-state index in [0.29, 0.717) is 15.7 Å². The van der Waals surface area contributed by atoms with Crippen LogP contribution < -0.4 is 11.1 Å². The van der Waals surface area contributed by atoms with Crippen molar-refractivity contribution in [3.05, 3.63) is 41.2 Å². The first-order valence-electron chi connectivity index (χ1n) is 7.31. The number of halogens is 2. The van der Waals surface area contributed by atoms with Crippen LogP contribution in [0, 0.1) is 0 Å². The average Bonchev–Trinajstić information content (AvgIpc) is 3.19. The number of hydrogen-bond acceptors (Lipinski definition) is 7. The van der Waals surface area contributed by atoms with Crippen LogP contribution in [0.15, 0.2) is 39.8 Å². The van der Waals surface area contributed by atoms with Crippen LogP contribution in [0.1, 0.15) is 23.1 Å². The van der Waals surface area contributed by atoms with Crippen molar-refractivity contribution in [3.8, 4) is 0 Å². The van der Waals surface area contributed by atoms with E-state index in [4.69, 9.17) is 5.73 Å². The lowest BCUT2D eigenvalue weighted by Crippen LogP contribution is -2.14. The highest BCUT2D eigenvalue weighted by molar-refractivity contribution is 7.99. The quantitative estimate of drug-likeness (QED) is 0.642. The van der Waals surface area contributed by atoms with Gasteiger partial charge in [0.15, 0.2) is 10.3 Å². The van der Waals surface area contributed by atoms with E-state index in [1.807, 2.05) is 0 Å². The largest absolute Gasteiger partial charge is 0.398 e. The van der Waals surface area contributed by atoms with Crippen molar-refractivity contribution in [2.75, 3.05) is 11.1 Å². The van der Waals surface area contributed by atoms with E-state index < -0.39 is 17.7 Å². The van der Waals surface area contributed by atoms with Crippen LogP contribution in [0.5, 0.6) is 0 Å². The molecule has 0 atom stereocenters. The zero-order valence-corrected chi connectivity index (χ0v) is 15.4. The van der Waals surface area contributed by atoms with Gasteiger partial charge in [0.2, 0.25) is 5.82 Å². The third-order valence-electron chi connectivity index (χ3n) is 3.36. The molecule has 1 amide bonds. The van der Waals surface area contributed by atoms with E-state index >= 15 is 0 Å². The van der Waals surface area contributed by atoms with Crippen molar-refractivity contribution in [1.29, 1.82) is 0 Å². The Morgan fingerprint density at radius 3 is 2.77 bits per heavy atom. The molecule has 136 valence electrons. The summed E-state index contributed by atoms with van der Waals surface area (Å²) >= 11 is 2.39. The lowest BCUT2D eigenvalue weighted by atomic mass is 10.1. The summed E-state index contributed by atoms with van der Waals surface area (Å²) in [7, 11) is 1.46. The first kappa shape index (κ1) is 18.3. The minimum absolute atomic E-state index is 0.258. The molecule has 3 aromatic rings. The Labute approximate surface area is 155 Å². The second kappa shape index (κ2) is 7.00. The normalized spacial score (nSPS) is 11.5. The Kier molecular flexibility index (Phi) is 4.92. The Morgan fingerprint density at radius 1 is 1.38 bits per heavy atom. The predicted octanol–water partition coefficient (Wildman–Crippen LogP) is 3.37. The highest BCUT2D eigenvalue weighted by atomic mass is 32.2. The number of hydrogen-bond donors (Lipinski definition) is 2. The van der Waals surface area contributed by atoms with Crippen LogP contribution in [0.25, 0.3) is 0 Å². The van der Waals surface area contributed by atoms with Gasteiger partial charge < -0.3 is 10.3 Å². The molecule has 0 unspecified atom stereocenters. The lowest BCUT2D eigenvalue weighted by molar-refractivity contribution is 0.00417. The third kappa shape index (κ3) is 3.83. The molecule has 0 aliphatic rings. The number of anilines is 2. The van der Waals surface area contributed by atoms with Gasteiger partial charge in [-0.15, -0.1) is 21.5 Å². The molecule has 26 heavy (non-hydrogen) atoms. The molecule has 0 aliphatic carbocycles. The number of aromatic nitrogens is 4. The lowest BCUT2D eigenvalue weighted by Gasteiger charge is -2.10. The molecule has 0 radical (unpaired) electrons. The van der Waals surface area contributed by atoms with Gasteiger partial charge in [-0.05, 0) is 30.0 Å². The molecule has 1 aromatic carbocycles. The van der Waals surface area contributed by atoms with Gasteiger partial charge in [0.25, 0.3) is 5.91 Å². The molecule has 0 saturated heterocycles. The summed E-state index contributed by atoms with van der Waals surface area (Å²) in [5.74, 6) is -3.93. The molecule has 0 fully saturated rings. The van der Waals surface area contributed by atoms with Gasteiger partial charge in [0.05, 0.1) is 5.56 Å². The maximum Gasteiger partial charge on any atom is 0.304 e. The van der Waals surface area contributed by atoms with Crippen molar-refractivity contribution in [3.63, 3.8) is 0 Å². The van der Waals surface area contributed by atoms with Gasteiger partial charge in [0.1, 0.15) is 0 Å². The number of amides is 1. The van der Waals surface area contributed by atoms with Gasteiger partial charge in [-0.3, -0.25) is 10.1 Å². The minimum atomic E-state index is -3.10. The number of carbonyl (C=O) groups excluding carboxylic acids is 1. The number of alkyl halides is 2. The second-order valence-electron chi connectivity index (χ2n) is 5.40. The Hall–Kier alpha value is -2.53. The van der Waals surface area contributed by atoms with Gasteiger partial charge >= 0.3 is 5.92 Å². The molecule has 0 aliphatic heterocycles. The molecule has 3 N–H and O–H groups in total. The zero-order chi connectivity index (χ0) is 18.9. The highest BCUT2D eigenvalue weighted by Crippen LogP contribution is 2.32. The number of nitrogens with two attached hydrogens (primary N) is 1. The number of rotatable bonds is 5. The maximum absolute atomic E-state index is 13.5. The number of nitrogen functional groups attached to an aromatic ring is 1. The third-order valence-corrected chi connectivity index (χ3v) is 5.08. The van der Waals surface area contributed by atoms with E-state index in [9.17, 15) is 13.6 Å². The van der Waals surface area contributed by atoms with Crippen LogP contribution in [-0.2, 0) is 13.0 Å². The summed E-state index contributed by atoms with van der Waals surface area (Å²) in [5.41, 5.74) is 6.44. The van der Waals surface area contributed by atoms with E-state index in [-0.39, 0.29) is 10.7 Å². The molecule has 11 heteroatoms. The van der Waals surface area contributed by atoms with E-state index in [1.54, 1.807) is 29.8 Å². The number of nitrogens with zero attached hydrogens (tertiary/aromatic N) is 4.